The molecule has 0 atom stereocenters. The molecule has 0 aliphatic heterocycles. The third-order valence-electron chi connectivity index (χ3n) is 4.53. The van der Waals surface area contributed by atoms with E-state index in [9.17, 15) is 9.59 Å². The van der Waals surface area contributed by atoms with Gasteiger partial charge in [0.15, 0.2) is 0 Å². The van der Waals surface area contributed by atoms with Crippen molar-refractivity contribution >= 4 is 26.8 Å². The molecule has 0 saturated carbocycles. The van der Waals surface area contributed by atoms with Gasteiger partial charge < -0.3 is 9.15 Å². The molecule has 0 aliphatic rings. The number of unbranched alkanes of at least 4 members (excludes halogenated alkanes) is 1. The molecule has 1 aromatic heterocycles. The first-order valence-corrected chi connectivity index (χ1v) is 9.70. The first-order valence-electron chi connectivity index (χ1n) is 8.91. The lowest BCUT2D eigenvalue weighted by molar-refractivity contribution is 0.297. The van der Waals surface area contributed by atoms with Gasteiger partial charge in [0, 0.05) is 11.0 Å². The number of nitrogens with zero attached hydrogens (tertiary/aromatic N) is 1. The van der Waals surface area contributed by atoms with Crippen molar-refractivity contribution in [3.63, 3.8) is 0 Å². The largest absolute Gasteiger partial charge is 0.493 e. The van der Waals surface area contributed by atoms with Crippen LogP contribution in [0.5, 0.6) is 5.75 Å². The SMILES string of the molecule is Cc1cc(Br)c2c(c1)c(=O)oc(=O)n2CCCCOc1c(C)cccc1C. The second-order valence-corrected chi connectivity index (χ2v) is 7.58. The summed E-state index contributed by atoms with van der Waals surface area (Å²) in [5.41, 5.74) is 3.13. The molecule has 0 aliphatic carbocycles. The molecule has 142 valence electrons. The van der Waals surface area contributed by atoms with Crippen molar-refractivity contribution in [3.8, 4) is 5.75 Å². The Labute approximate surface area is 165 Å². The van der Waals surface area contributed by atoms with E-state index in [0.29, 0.717) is 28.5 Å². The number of benzene rings is 2. The molecule has 27 heavy (non-hydrogen) atoms. The second-order valence-electron chi connectivity index (χ2n) is 6.73. The highest BCUT2D eigenvalue weighted by Gasteiger charge is 2.13. The van der Waals surface area contributed by atoms with Crippen LogP contribution in [0.3, 0.4) is 0 Å². The molecular formula is C21H22BrNO4. The molecule has 3 rings (SSSR count). The van der Waals surface area contributed by atoms with Gasteiger partial charge >= 0.3 is 11.4 Å². The molecule has 0 amide bonds. The van der Waals surface area contributed by atoms with E-state index in [1.165, 1.54) is 4.57 Å². The Bertz CT molecular complexity index is 1080. The van der Waals surface area contributed by atoms with Crippen LogP contribution in [0, 0.1) is 20.8 Å². The fraction of sp³-hybridized carbons (Fsp3) is 0.333. The van der Waals surface area contributed by atoms with Crippen molar-refractivity contribution in [2.24, 2.45) is 0 Å². The molecule has 2 aromatic carbocycles. The maximum absolute atomic E-state index is 12.2. The fourth-order valence-electron chi connectivity index (χ4n) is 3.22. The first kappa shape index (κ1) is 19.4. The summed E-state index contributed by atoms with van der Waals surface area (Å²) in [6, 6.07) is 9.70. The quantitative estimate of drug-likeness (QED) is 0.538. The van der Waals surface area contributed by atoms with Crippen LogP contribution in [0.2, 0.25) is 0 Å². The number of hydrogen-bond acceptors (Lipinski definition) is 4. The normalized spacial score (nSPS) is 11.1. The van der Waals surface area contributed by atoms with Gasteiger partial charge in [0.05, 0.1) is 17.5 Å². The highest BCUT2D eigenvalue weighted by atomic mass is 79.9. The molecule has 6 heteroatoms. The van der Waals surface area contributed by atoms with E-state index in [4.69, 9.17) is 9.15 Å². The van der Waals surface area contributed by atoms with Crippen LogP contribution in [-0.4, -0.2) is 11.2 Å². The van der Waals surface area contributed by atoms with Crippen LogP contribution in [0.1, 0.15) is 29.5 Å². The van der Waals surface area contributed by atoms with Crippen LogP contribution in [0.25, 0.3) is 10.9 Å². The Kier molecular flexibility index (Phi) is 5.85. The van der Waals surface area contributed by atoms with Gasteiger partial charge in [0.2, 0.25) is 0 Å². The Balaban J connectivity index is 1.73. The maximum Gasteiger partial charge on any atom is 0.422 e. The van der Waals surface area contributed by atoms with Crippen LogP contribution in [0.4, 0.5) is 0 Å². The molecule has 0 N–H and O–H groups in total. The summed E-state index contributed by atoms with van der Waals surface area (Å²) in [7, 11) is 0. The molecule has 1 heterocycles. The molecule has 3 aromatic rings. The Hall–Kier alpha value is -2.34. The standard InChI is InChI=1S/C21H22BrNO4/c1-13-11-16-18(17(22)12-13)23(21(25)27-20(16)24)9-4-5-10-26-19-14(2)7-6-8-15(19)3/h6-8,11-12H,4-5,9-10H2,1-3H3. The van der Waals surface area contributed by atoms with Crippen LogP contribution < -0.4 is 16.1 Å². The number of ether oxygens (including phenoxy) is 1. The molecular weight excluding hydrogens is 410 g/mol. The minimum absolute atomic E-state index is 0.410. The van der Waals surface area contributed by atoms with Gasteiger partial charge in [-0.25, -0.2) is 9.59 Å². The zero-order valence-electron chi connectivity index (χ0n) is 15.7. The van der Waals surface area contributed by atoms with E-state index >= 15 is 0 Å². The summed E-state index contributed by atoms with van der Waals surface area (Å²) in [5, 5.41) is 0.410. The van der Waals surface area contributed by atoms with Gasteiger partial charge in [-0.3, -0.25) is 4.57 Å². The van der Waals surface area contributed by atoms with Crippen molar-refractivity contribution in [1.29, 1.82) is 0 Å². The third-order valence-corrected chi connectivity index (χ3v) is 5.13. The van der Waals surface area contributed by atoms with Crippen molar-refractivity contribution in [1.82, 2.24) is 4.57 Å². The maximum atomic E-state index is 12.2. The van der Waals surface area contributed by atoms with E-state index in [0.717, 1.165) is 35.3 Å². The van der Waals surface area contributed by atoms with Crippen molar-refractivity contribution in [2.75, 3.05) is 6.61 Å². The number of para-hydroxylation sites is 1. The summed E-state index contributed by atoms with van der Waals surface area (Å²) in [6.45, 7) is 6.97. The number of hydrogen-bond donors (Lipinski definition) is 0. The van der Waals surface area contributed by atoms with Crippen molar-refractivity contribution < 1.29 is 9.15 Å². The number of halogens is 1. The lowest BCUT2D eigenvalue weighted by atomic mass is 10.1. The predicted octanol–water partition coefficient (Wildman–Crippen LogP) is 4.50. The van der Waals surface area contributed by atoms with Gasteiger partial charge in [0.1, 0.15) is 5.75 Å². The Morgan fingerprint density at radius 3 is 2.48 bits per heavy atom. The zero-order valence-corrected chi connectivity index (χ0v) is 17.3. The minimum Gasteiger partial charge on any atom is -0.493 e. The van der Waals surface area contributed by atoms with Crippen LogP contribution in [-0.2, 0) is 6.54 Å². The summed E-state index contributed by atoms with van der Waals surface area (Å²) >= 11 is 3.47. The fourth-order valence-corrected chi connectivity index (χ4v) is 4.01. The molecule has 0 saturated heterocycles. The van der Waals surface area contributed by atoms with E-state index in [1.807, 2.05) is 45.0 Å². The monoisotopic (exact) mass is 431 g/mol. The van der Waals surface area contributed by atoms with Crippen LogP contribution in [0.15, 0.2) is 48.8 Å². The third kappa shape index (κ3) is 4.16. The highest BCUT2D eigenvalue weighted by molar-refractivity contribution is 9.10. The zero-order chi connectivity index (χ0) is 19.6. The number of rotatable bonds is 6. The average Bonchev–Trinajstić information content (AvgIpc) is 2.59. The van der Waals surface area contributed by atoms with E-state index < -0.39 is 11.4 Å². The van der Waals surface area contributed by atoms with Crippen molar-refractivity contribution in [2.45, 2.75) is 40.2 Å². The lowest BCUT2D eigenvalue weighted by Gasteiger charge is -2.13. The van der Waals surface area contributed by atoms with E-state index in [1.54, 1.807) is 6.07 Å². The summed E-state index contributed by atoms with van der Waals surface area (Å²) in [6.07, 6.45) is 1.51. The van der Waals surface area contributed by atoms with Gasteiger partial charge in [-0.05, 0) is 78.4 Å². The second kappa shape index (κ2) is 8.13. The highest BCUT2D eigenvalue weighted by Crippen LogP contribution is 2.24. The van der Waals surface area contributed by atoms with Gasteiger partial charge in [-0.15, -0.1) is 0 Å². The predicted molar refractivity (Wildman–Crippen MR) is 110 cm³/mol. The van der Waals surface area contributed by atoms with Gasteiger partial charge in [-0.1, -0.05) is 18.2 Å². The number of fused-ring (bicyclic) bond motifs is 1. The number of aryl methyl sites for hydroxylation is 4. The summed E-state index contributed by atoms with van der Waals surface area (Å²) in [5.74, 6) is 0.289. The Morgan fingerprint density at radius 2 is 1.78 bits per heavy atom. The number of aromatic nitrogens is 1. The van der Waals surface area contributed by atoms with E-state index in [2.05, 4.69) is 15.9 Å². The molecule has 0 unspecified atom stereocenters. The Morgan fingerprint density at radius 1 is 1.07 bits per heavy atom. The minimum atomic E-state index is -0.632. The topological polar surface area (TPSA) is 61.4 Å². The van der Waals surface area contributed by atoms with Gasteiger partial charge in [-0.2, -0.15) is 0 Å². The average molecular weight is 432 g/mol. The molecule has 0 spiro atoms. The van der Waals surface area contributed by atoms with Gasteiger partial charge in [0.25, 0.3) is 0 Å². The van der Waals surface area contributed by atoms with Crippen molar-refractivity contribution in [3.05, 3.63) is 72.5 Å². The first-order chi connectivity index (χ1) is 12.9. The summed E-state index contributed by atoms with van der Waals surface area (Å²) in [4.78, 5) is 24.2. The molecule has 0 bridgehead atoms. The molecule has 5 nitrogen and oxygen atoms in total. The van der Waals surface area contributed by atoms with Crippen LogP contribution >= 0.6 is 15.9 Å². The lowest BCUT2D eigenvalue weighted by Crippen LogP contribution is -2.25. The molecule has 0 fully saturated rings. The summed E-state index contributed by atoms with van der Waals surface area (Å²) < 4.78 is 13.0. The smallest absolute Gasteiger partial charge is 0.422 e. The van der Waals surface area contributed by atoms with E-state index in [-0.39, 0.29) is 0 Å². The molecule has 0 radical (unpaired) electrons.